The monoisotopic (exact) mass is 251 g/mol. The lowest BCUT2D eigenvalue weighted by atomic mass is 10.1. The molecule has 100 valence electrons. The van der Waals surface area contributed by atoms with E-state index in [4.69, 9.17) is 9.47 Å². The molecule has 1 fully saturated rings. The fraction of sp³-hybridized carbons (Fsp3) is 0.571. The summed E-state index contributed by atoms with van der Waals surface area (Å²) < 4.78 is 10.7. The van der Waals surface area contributed by atoms with E-state index in [9.17, 15) is 5.11 Å². The lowest BCUT2D eigenvalue weighted by Gasteiger charge is -2.22. The molecule has 1 heterocycles. The van der Waals surface area contributed by atoms with Crippen LogP contribution in [-0.2, 0) is 11.3 Å². The topological polar surface area (TPSA) is 50.7 Å². The second-order valence-electron chi connectivity index (χ2n) is 4.63. The summed E-state index contributed by atoms with van der Waals surface area (Å²) >= 11 is 0. The van der Waals surface area contributed by atoms with Crippen molar-refractivity contribution in [2.75, 3.05) is 20.3 Å². The Morgan fingerprint density at radius 1 is 1.44 bits per heavy atom. The third-order valence-corrected chi connectivity index (χ3v) is 3.22. The number of benzene rings is 1. The van der Waals surface area contributed by atoms with Crippen LogP contribution in [0, 0.1) is 0 Å². The molecule has 0 saturated carbocycles. The highest BCUT2D eigenvalue weighted by Gasteiger charge is 2.12. The summed E-state index contributed by atoms with van der Waals surface area (Å²) in [5.41, 5.74) is 1.05. The molecule has 4 heteroatoms. The summed E-state index contributed by atoms with van der Waals surface area (Å²) in [5.74, 6) is 0.695. The first-order chi connectivity index (χ1) is 8.79. The second kappa shape index (κ2) is 6.61. The number of hydrogen-bond acceptors (Lipinski definition) is 4. The van der Waals surface area contributed by atoms with Gasteiger partial charge < -0.3 is 19.9 Å². The van der Waals surface area contributed by atoms with E-state index >= 15 is 0 Å². The molecule has 1 aliphatic rings. The van der Waals surface area contributed by atoms with Crippen LogP contribution in [0.4, 0.5) is 0 Å². The van der Waals surface area contributed by atoms with Gasteiger partial charge in [-0.1, -0.05) is 6.07 Å². The Morgan fingerprint density at radius 3 is 3.00 bits per heavy atom. The van der Waals surface area contributed by atoms with Gasteiger partial charge in [0.05, 0.1) is 13.2 Å². The maximum Gasteiger partial charge on any atom is 0.160 e. The number of aromatic hydroxyl groups is 1. The van der Waals surface area contributed by atoms with E-state index in [0.717, 1.165) is 31.7 Å². The summed E-state index contributed by atoms with van der Waals surface area (Å²) in [6.07, 6.45) is 3.92. The van der Waals surface area contributed by atoms with E-state index in [-0.39, 0.29) is 5.75 Å². The van der Waals surface area contributed by atoms with Crippen LogP contribution in [-0.4, -0.2) is 31.5 Å². The zero-order chi connectivity index (χ0) is 12.8. The summed E-state index contributed by atoms with van der Waals surface area (Å²) in [7, 11) is 1.55. The van der Waals surface area contributed by atoms with Crippen LogP contribution in [0.5, 0.6) is 11.5 Å². The third-order valence-electron chi connectivity index (χ3n) is 3.22. The van der Waals surface area contributed by atoms with E-state index < -0.39 is 0 Å². The lowest BCUT2D eigenvalue weighted by Crippen LogP contribution is -2.31. The molecule has 0 radical (unpaired) electrons. The van der Waals surface area contributed by atoms with Gasteiger partial charge in [-0.25, -0.2) is 0 Å². The predicted octanol–water partition coefficient (Wildman–Crippen LogP) is 2.06. The van der Waals surface area contributed by atoms with Gasteiger partial charge in [-0.15, -0.1) is 0 Å². The first-order valence-corrected chi connectivity index (χ1v) is 6.48. The minimum absolute atomic E-state index is 0.186. The van der Waals surface area contributed by atoms with Crippen molar-refractivity contribution in [1.29, 1.82) is 0 Å². The molecule has 1 unspecified atom stereocenters. The van der Waals surface area contributed by atoms with Crippen molar-refractivity contribution in [3.63, 3.8) is 0 Å². The van der Waals surface area contributed by atoms with E-state index in [1.807, 2.05) is 6.07 Å². The molecule has 1 atom stereocenters. The first kappa shape index (κ1) is 13.2. The quantitative estimate of drug-likeness (QED) is 0.841. The maximum absolute atomic E-state index is 9.66. The molecule has 1 aliphatic heterocycles. The van der Waals surface area contributed by atoms with Gasteiger partial charge >= 0.3 is 0 Å². The van der Waals surface area contributed by atoms with Crippen molar-refractivity contribution in [2.45, 2.75) is 31.9 Å². The van der Waals surface area contributed by atoms with Crippen LogP contribution in [0.1, 0.15) is 24.8 Å². The smallest absolute Gasteiger partial charge is 0.160 e. The molecule has 0 aromatic heterocycles. The summed E-state index contributed by atoms with van der Waals surface area (Å²) in [6.45, 7) is 2.49. The highest BCUT2D eigenvalue weighted by atomic mass is 16.5. The van der Waals surface area contributed by atoms with Crippen molar-refractivity contribution >= 4 is 0 Å². The van der Waals surface area contributed by atoms with Gasteiger partial charge in [0.25, 0.3) is 0 Å². The van der Waals surface area contributed by atoms with E-state index in [1.54, 1.807) is 19.2 Å². The molecular formula is C14H21NO3. The summed E-state index contributed by atoms with van der Waals surface area (Å²) in [5, 5.41) is 13.0. The van der Waals surface area contributed by atoms with Crippen molar-refractivity contribution in [3.05, 3.63) is 23.8 Å². The van der Waals surface area contributed by atoms with Gasteiger partial charge in [-0.3, -0.25) is 0 Å². The molecule has 18 heavy (non-hydrogen) atoms. The van der Waals surface area contributed by atoms with E-state index in [0.29, 0.717) is 11.9 Å². The number of rotatable bonds is 5. The Kier molecular flexibility index (Phi) is 4.84. The first-order valence-electron chi connectivity index (χ1n) is 6.48. The largest absolute Gasteiger partial charge is 0.504 e. The number of ether oxygens (including phenoxy) is 2. The molecule has 4 nitrogen and oxygen atoms in total. The Hall–Kier alpha value is -1.26. The fourth-order valence-electron chi connectivity index (χ4n) is 2.19. The van der Waals surface area contributed by atoms with Gasteiger partial charge in [-0.2, -0.15) is 0 Å². The van der Waals surface area contributed by atoms with E-state index in [1.165, 1.54) is 12.8 Å². The molecular weight excluding hydrogens is 230 g/mol. The number of hydrogen-bond donors (Lipinski definition) is 2. The molecule has 1 saturated heterocycles. The number of phenolic OH excluding ortho intramolecular Hbond substituents is 1. The number of methoxy groups -OCH3 is 1. The molecule has 1 aromatic carbocycles. The average Bonchev–Trinajstić information content (AvgIpc) is 2.40. The van der Waals surface area contributed by atoms with E-state index in [2.05, 4.69) is 5.32 Å². The minimum Gasteiger partial charge on any atom is -0.504 e. The lowest BCUT2D eigenvalue weighted by molar-refractivity contribution is 0.0168. The van der Waals surface area contributed by atoms with Gasteiger partial charge in [0, 0.05) is 19.7 Å². The molecule has 0 spiro atoms. The van der Waals surface area contributed by atoms with Gasteiger partial charge in [-0.05, 0) is 37.0 Å². The number of nitrogens with one attached hydrogen (secondary N) is 1. The van der Waals surface area contributed by atoms with Crippen LogP contribution in [0.2, 0.25) is 0 Å². The Morgan fingerprint density at radius 2 is 2.33 bits per heavy atom. The van der Waals surface area contributed by atoms with Crippen molar-refractivity contribution in [2.24, 2.45) is 0 Å². The zero-order valence-electron chi connectivity index (χ0n) is 10.8. The Balaban J connectivity index is 1.77. The molecule has 0 aliphatic carbocycles. The predicted molar refractivity (Wildman–Crippen MR) is 70.0 cm³/mol. The maximum atomic E-state index is 9.66. The standard InChI is InChI=1S/C14H21NO3/c1-17-14-6-5-11(8-13(14)16)9-15-10-12-4-2-3-7-18-12/h5-6,8,12,15-16H,2-4,7,9-10H2,1H3. The van der Waals surface area contributed by atoms with Crippen molar-refractivity contribution < 1.29 is 14.6 Å². The van der Waals surface area contributed by atoms with Crippen molar-refractivity contribution in [1.82, 2.24) is 5.32 Å². The van der Waals surface area contributed by atoms with Gasteiger partial charge in [0.1, 0.15) is 0 Å². The van der Waals surface area contributed by atoms with Crippen LogP contribution in [0.25, 0.3) is 0 Å². The highest BCUT2D eigenvalue weighted by Crippen LogP contribution is 2.26. The van der Waals surface area contributed by atoms with Crippen LogP contribution < -0.4 is 10.1 Å². The zero-order valence-corrected chi connectivity index (χ0v) is 10.8. The van der Waals surface area contributed by atoms with Crippen LogP contribution in [0.3, 0.4) is 0 Å². The second-order valence-corrected chi connectivity index (χ2v) is 4.63. The molecule has 0 amide bonds. The Labute approximate surface area is 108 Å². The molecule has 2 N–H and O–H groups in total. The minimum atomic E-state index is 0.186. The normalized spacial score (nSPS) is 19.7. The van der Waals surface area contributed by atoms with Gasteiger partial charge in [0.2, 0.25) is 0 Å². The summed E-state index contributed by atoms with van der Waals surface area (Å²) in [6, 6.07) is 5.46. The molecule has 0 bridgehead atoms. The Bertz CT molecular complexity index is 375. The number of phenols is 1. The molecule has 2 rings (SSSR count). The average molecular weight is 251 g/mol. The fourth-order valence-corrected chi connectivity index (χ4v) is 2.19. The SMILES string of the molecule is COc1ccc(CNCC2CCCCO2)cc1O. The summed E-state index contributed by atoms with van der Waals surface area (Å²) in [4.78, 5) is 0. The van der Waals surface area contributed by atoms with Crippen LogP contribution >= 0.6 is 0 Å². The van der Waals surface area contributed by atoms with Crippen LogP contribution in [0.15, 0.2) is 18.2 Å². The molecule has 1 aromatic rings. The van der Waals surface area contributed by atoms with Crippen molar-refractivity contribution in [3.8, 4) is 11.5 Å². The highest BCUT2D eigenvalue weighted by molar-refractivity contribution is 5.41. The van der Waals surface area contributed by atoms with Gasteiger partial charge in [0.15, 0.2) is 11.5 Å². The third kappa shape index (κ3) is 3.62.